The monoisotopic (exact) mass is 527 g/mol. The number of carbonyl (C=O) groups is 2. The zero-order chi connectivity index (χ0) is 27.7. The lowest BCUT2D eigenvalue weighted by molar-refractivity contribution is -0.112. The molecule has 2 atom stereocenters. The highest BCUT2D eigenvalue weighted by Crippen LogP contribution is 2.62. The van der Waals surface area contributed by atoms with Gasteiger partial charge < -0.3 is 25.4 Å². The molecule has 39 heavy (non-hydrogen) atoms. The lowest BCUT2D eigenvalue weighted by Gasteiger charge is -2.44. The number of nitrogens with one attached hydrogen (secondary N) is 1. The van der Waals surface area contributed by atoms with Crippen molar-refractivity contribution in [3.05, 3.63) is 85.1 Å². The minimum atomic E-state index is -1.08. The van der Waals surface area contributed by atoms with Crippen molar-refractivity contribution >= 4 is 22.8 Å². The van der Waals surface area contributed by atoms with Crippen LogP contribution in [0.25, 0.3) is 5.57 Å². The number of aliphatic hydroxyl groups is 3. The van der Waals surface area contributed by atoms with Gasteiger partial charge >= 0.3 is 0 Å². The highest BCUT2D eigenvalue weighted by atomic mass is 16.5. The van der Waals surface area contributed by atoms with E-state index in [4.69, 9.17) is 4.74 Å². The Morgan fingerprint density at radius 1 is 0.974 bits per heavy atom. The summed E-state index contributed by atoms with van der Waals surface area (Å²) in [6.07, 6.45) is 5.87. The normalized spacial score (nSPS) is 22.9. The fraction of sp³-hybridized carbons (Fsp3) is 0.375. The smallest absolute Gasteiger partial charge is 0.189 e. The van der Waals surface area contributed by atoms with E-state index in [1.165, 1.54) is 12.2 Å². The lowest BCUT2D eigenvalue weighted by atomic mass is 9.59. The molecule has 0 saturated carbocycles. The van der Waals surface area contributed by atoms with E-state index in [0.717, 1.165) is 39.8 Å². The Kier molecular flexibility index (Phi) is 6.14. The van der Waals surface area contributed by atoms with Gasteiger partial charge in [-0.15, -0.1) is 0 Å². The second kappa shape index (κ2) is 9.30. The van der Waals surface area contributed by atoms with Crippen molar-refractivity contribution < 1.29 is 29.6 Å². The van der Waals surface area contributed by atoms with Crippen LogP contribution in [0.5, 0.6) is 5.75 Å². The van der Waals surface area contributed by atoms with E-state index in [2.05, 4.69) is 11.4 Å². The predicted octanol–water partition coefficient (Wildman–Crippen LogP) is 3.86. The quantitative estimate of drug-likeness (QED) is 0.426. The van der Waals surface area contributed by atoms with Crippen LogP contribution in [-0.2, 0) is 11.2 Å². The van der Waals surface area contributed by atoms with Gasteiger partial charge in [0.1, 0.15) is 11.9 Å². The predicted molar refractivity (Wildman–Crippen MR) is 149 cm³/mol. The highest BCUT2D eigenvalue weighted by molar-refractivity contribution is 6.21. The summed E-state index contributed by atoms with van der Waals surface area (Å²) in [4.78, 5) is 27.4. The number of rotatable bonds is 7. The van der Waals surface area contributed by atoms with Gasteiger partial charge in [-0.3, -0.25) is 9.59 Å². The minimum absolute atomic E-state index is 0.228. The molecule has 0 radical (unpaired) electrons. The maximum absolute atomic E-state index is 13.8. The minimum Gasteiger partial charge on any atom is -0.494 e. The van der Waals surface area contributed by atoms with Crippen molar-refractivity contribution in [1.82, 2.24) is 0 Å². The Labute approximate surface area is 227 Å². The third-order valence-corrected chi connectivity index (χ3v) is 8.56. The van der Waals surface area contributed by atoms with Crippen molar-refractivity contribution in [1.29, 1.82) is 0 Å². The van der Waals surface area contributed by atoms with Gasteiger partial charge in [-0.1, -0.05) is 25.0 Å². The van der Waals surface area contributed by atoms with Gasteiger partial charge in [-0.2, -0.15) is 0 Å². The summed E-state index contributed by atoms with van der Waals surface area (Å²) in [7, 11) is 1.61. The zero-order valence-electron chi connectivity index (χ0n) is 22.7. The van der Waals surface area contributed by atoms with Crippen LogP contribution in [0.4, 0.5) is 5.69 Å². The number of aliphatic hydroxyl groups excluding tert-OH is 3. The number of anilines is 1. The molecule has 0 aliphatic heterocycles. The van der Waals surface area contributed by atoms with Crippen molar-refractivity contribution in [2.45, 2.75) is 52.1 Å². The van der Waals surface area contributed by atoms with E-state index < -0.39 is 12.0 Å². The first-order chi connectivity index (χ1) is 18.8. The molecule has 202 valence electrons. The summed E-state index contributed by atoms with van der Waals surface area (Å²) < 4.78 is 6.02. The molecule has 1 aromatic carbocycles. The van der Waals surface area contributed by atoms with E-state index >= 15 is 0 Å². The third kappa shape index (κ3) is 3.33. The number of allylic oxidation sites excluding steroid dienone is 6. The SMILES string of the molecule is CCCC1=C2C=C(C)Cc3c(OC)c(NCC)c4c5c3C2C2=C(C(=O)C=C(CO)C2=C5C(CO)=CC4=O)C1O. The Bertz CT molecular complexity index is 1560. The number of ether oxygens (including phenoxy) is 1. The first-order valence-corrected chi connectivity index (χ1v) is 13.6. The molecular formula is C32H33NO6. The first-order valence-electron chi connectivity index (χ1n) is 13.6. The van der Waals surface area contributed by atoms with E-state index in [0.29, 0.717) is 69.8 Å². The summed E-state index contributed by atoms with van der Waals surface area (Å²) in [5.41, 5.74) is 9.59. The molecule has 0 amide bonds. The number of ketones is 2. The van der Waals surface area contributed by atoms with Gasteiger partial charge in [0.05, 0.1) is 31.6 Å². The molecule has 5 aliphatic carbocycles. The summed E-state index contributed by atoms with van der Waals surface area (Å²) in [5.74, 6) is -0.360. The molecule has 1 aromatic rings. The Morgan fingerprint density at radius 2 is 1.67 bits per heavy atom. The number of hydrogen-bond acceptors (Lipinski definition) is 7. The van der Waals surface area contributed by atoms with Crippen molar-refractivity contribution in [3.8, 4) is 5.75 Å². The van der Waals surface area contributed by atoms with Gasteiger partial charge in [-0.25, -0.2) is 0 Å². The van der Waals surface area contributed by atoms with Crippen LogP contribution in [0.2, 0.25) is 0 Å². The van der Waals surface area contributed by atoms with Crippen LogP contribution >= 0.6 is 0 Å². The molecule has 0 saturated heterocycles. The van der Waals surface area contributed by atoms with E-state index in [1.54, 1.807) is 7.11 Å². The van der Waals surface area contributed by atoms with Crippen LogP contribution in [-0.4, -0.2) is 59.9 Å². The summed E-state index contributed by atoms with van der Waals surface area (Å²) in [6, 6.07) is 0. The maximum Gasteiger partial charge on any atom is 0.189 e. The molecule has 6 rings (SSSR count). The number of benzene rings is 1. The van der Waals surface area contributed by atoms with Gasteiger partial charge in [0.2, 0.25) is 0 Å². The van der Waals surface area contributed by atoms with E-state index in [9.17, 15) is 24.9 Å². The van der Waals surface area contributed by atoms with Crippen LogP contribution in [0.1, 0.15) is 66.6 Å². The number of hydrogen-bond donors (Lipinski definition) is 4. The molecule has 0 heterocycles. The summed E-state index contributed by atoms with van der Waals surface area (Å²) in [5, 5.41) is 36.1. The second-order valence-electron chi connectivity index (χ2n) is 10.8. The molecule has 7 nitrogen and oxygen atoms in total. The lowest BCUT2D eigenvalue weighted by Crippen LogP contribution is -2.36. The molecule has 5 aliphatic rings. The molecule has 4 N–H and O–H groups in total. The zero-order valence-corrected chi connectivity index (χ0v) is 22.7. The van der Waals surface area contributed by atoms with Crippen molar-refractivity contribution in [2.75, 3.05) is 32.2 Å². The second-order valence-corrected chi connectivity index (χ2v) is 10.8. The van der Waals surface area contributed by atoms with Crippen LogP contribution in [0, 0.1) is 0 Å². The average molecular weight is 528 g/mol. The van der Waals surface area contributed by atoms with E-state index in [1.807, 2.05) is 20.8 Å². The molecule has 0 fully saturated rings. The average Bonchev–Trinajstić information content (AvgIpc) is 3.07. The Morgan fingerprint density at radius 3 is 2.31 bits per heavy atom. The van der Waals surface area contributed by atoms with Gasteiger partial charge in [-0.05, 0) is 83.4 Å². The van der Waals surface area contributed by atoms with Gasteiger partial charge in [0.25, 0.3) is 0 Å². The van der Waals surface area contributed by atoms with Crippen molar-refractivity contribution in [3.63, 3.8) is 0 Å². The summed E-state index contributed by atoms with van der Waals surface area (Å²) >= 11 is 0. The molecule has 7 heteroatoms. The van der Waals surface area contributed by atoms with Gasteiger partial charge in [0.15, 0.2) is 11.6 Å². The fourth-order valence-corrected chi connectivity index (χ4v) is 7.29. The molecular weight excluding hydrogens is 494 g/mol. The summed E-state index contributed by atoms with van der Waals surface area (Å²) in [6.45, 7) is 5.85. The Hall–Kier alpha value is -3.52. The molecule has 2 unspecified atom stereocenters. The number of carbonyl (C=O) groups excluding carboxylic acids is 2. The van der Waals surface area contributed by atoms with Crippen molar-refractivity contribution in [2.24, 2.45) is 0 Å². The van der Waals surface area contributed by atoms with Crippen LogP contribution in [0.15, 0.2) is 62.8 Å². The first kappa shape index (κ1) is 25.7. The highest BCUT2D eigenvalue weighted by Gasteiger charge is 2.50. The maximum atomic E-state index is 13.8. The topological polar surface area (TPSA) is 116 Å². The van der Waals surface area contributed by atoms with Crippen LogP contribution in [0.3, 0.4) is 0 Å². The number of methoxy groups -OCH3 is 1. The molecule has 0 bridgehead atoms. The fourth-order valence-electron chi connectivity index (χ4n) is 7.29. The molecule has 0 spiro atoms. The standard InChI is InChI=1S/C32H33NO6/c1-5-7-17-18-8-14(3)9-19-25-24(18)29-23(16(13-35)11-21(37)27(29)31(17)38)22-15(12-34)10-20(36)26(28(22)25)30(33-6-2)32(19)39-4/h8,10-11,24,31,33-35,38H,5-7,9,12-13H2,1-4H3. The molecule has 0 aromatic heterocycles. The van der Waals surface area contributed by atoms with Gasteiger partial charge in [0, 0.05) is 29.2 Å². The largest absolute Gasteiger partial charge is 0.494 e. The third-order valence-electron chi connectivity index (χ3n) is 8.56. The van der Waals surface area contributed by atoms with E-state index in [-0.39, 0.29) is 24.8 Å². The Balaban J connectivity index is 1.89. The van der Waals surface area contributed by atoms with Crippen LogP contribution < -0.4 is 10.1 Å².